The summed E-state index contributed by atoms with van der Waals surface area (Å²) in [7, 11) is 0. The molecule has 0 bridgehead atoms. The molecule has 1 aliphatic rings. The summed E-state index contributed by atoms with van der Waals surface area (Å²) in [4.78, 5) is 14.1. The lowest BCUT2D eigenvalue weighted by Crippen LogP contribution is -2.31. The second kappa shape index (κ2) is 4.47. The second-order valence-corrected chi connectivity index (χ2v) is 4.26. The summed E-state index contributed by atoms with van der Waals surface area (Å²) < 4.78 is 0. The van der Waals surface area contributed by atoms with Crippen LogP contribution in [0.5, 0.6) is 0 Å². The smallest absolute Gasteiger partial charge is 0.375 e. The molecular weight excluding hydrogens is 206 g/mol. The van der Waals surface area contributed by atoms with Gasteiger partial charge in [-0.15, -0.1) is 0 Å². The van der Waals surface area contributed by atoms with Gasteiger partial charge in [0.1, 0.15) is 11.9 Å². The zero-order valence-corrected chi connectivity index (χ0v) is 9.22. The van der Waals surface area contributed by atoms with E-state index in [1.165, 1.54) is 25.5 Å². The molecule has 1 saturated carbocycles. The third-order valence-corrected chi connectivity index (χ3v) is 3.20. The van der Waals surface area contributed by atoms with E-state index < -0.39 is 4.92 Å². The fraction of sp³-hybridized carbons (Fsp3) is 0.545. The highest BCUT2D eigenvalue weighted by Crippen LogP contribution is 2.32. The predicted molar refractivity (Wildman–Crippen MR) is 61.3 cm³/mol. The van der Waals surface area contributed by atoms with Gasteiger partial charge in [0.25, 0.3) is 0 Å². The van der Waals surface area contributed by atoms with Gasteiger partial charge in [-0.25, -0.2) is 0 Å². The fourth-order valence-corrected chi connectivity index (χ4v) is 1.96. The van der Waals surface area contributed by atoms with Crippen LogP contribution in [0.25, 0.3) is 0 Å². The summed E-state index contributed by atoms with van der Waals surface area (Å²) in [6.07, 6.45) is 5.13. The van der Waals surface area contributed by atoms with Crippen LogP contribution < -0.4 is 5.32 Å². The summed E-state index contributed by atoms with van der Waals surface area (Å²) in [5, 5.41) is 13.9. The van der Waals surface area contributed by atoms with Crippen LogP contribution >= 0.6 is 0 Å². The number of hydrogen-bond acceptors (Lipinski definition) is 4. The molecule has 1 aromatic rings. The summed E-state index contributed by atoms with van der Waals surface area (Å²) >= 11 is 0. The van der Waals surface area contributed by atoms with Crippen molar-refractivity contribution in [3.05, 3.63) is 28.4 Å². The zero-order chi connectivity index (χ0) is 11.5. The predicted octanol–water partition coefficient (Wildman–Crippen LogP) is 2.59. The number of nitro groups is 1. The molecule has 1 aliphatic carbocycles. The first-order valence-corrected chi connectivity index (χ1v) is 5.54. The second-order valence-electron chi connectivity index (χ2n) is 4.26. The lowest BCUT2D eigenvalue weighted by molar-refractivity contribution is -0.388. The summed E-state index contributed by atoms with van der Waals surface area (Å²) in [6.45, 7) is 2.07. The molecular formula is C11H15N3O2. The quantitative estimate of drug-likeness (QED) is 0.626. The van der Waals surface area contributed by atoms with Crippen molar-refractivity contribution in [2.24, 2.45) is 5.92 Å². The van der Waals surface area contributed by atoms with Crippen LogP contribution in [0.2, 0.25) is 0 Å². The van der Waals surface area contributed by atoms with E-state index in [0.29, 0.717) is 11.6 Å². The first-order chi connectivity index (χ1) is 7.68. The zero-order valence-electron chi connectivity index (χ0n) is 9.22. The third kappa shape index (κ3) is 2.13. The van der Waals surface area contributed by atoms with Gasteiger partial charge in [-0.2, -0.15) is 0 Å². The first-order valence-electron chi connectivity index (χ1n) is 5.54. The van der Waals surface area contributed by atoms with Crippen molar-refractivity contribution >= 4 is 11.5 Å². The Hall–Kier alpha value is -1.65. The van der Waals surface area contributed by atoms with Crippen molar-refractivity contribution < 1.29 is 4.92 Å². The number of hydrogen-bond donors (Lipinski definition) is 1. The molecule has 0 aromatic carbocycles. The highest BCUT2D eigenvalue weighted by Gasteiger charge is 2.25. The number of anilines is 1. The largest absolute Gasteiger partial charge is 0.386 e. The Labute approximate surface area is 94.0 Å². The van der Waals surface area contributed by atoms with Crippen molar-refractivity contribution in [1.82, 2.24) is 4.98 Å². The standard InChI is InChI=1S/C11H15N3O2/c1-8(9-4-2-5-9)13-10-6-3-7-12-11(10)14(15)16/h3,6-9,13H,2,4-5H2,1H3. The highest BCUT2D eigenvalue weighted by molar-refractivity contribution is 5.57. The van der Waals surface area contributed by atoms with E-state index in [4.69, 9.17) is 0 Å². The van der Waals surface area contributed by atoms with Crippen LogP contribution in [0.1, 0.15) is 26.2 Å². The SMILES string of the molecule is CC(Nc1cccnc1[N+](=O)[O-])C1CCC1. The van der Waals surface area contributed by atoms with E-state index in [0.717, 1.165) is 0 Å². The molecule has 2 rings (SSSR count). The van der Waals surface area contributed by atoms with Gasteiger partial charge in [-0.1, -0.05) is 6.42 Å². The number of pyridine rings is 1. The summed E-state index contributed by atoms with van der Waals surface area (Å²) in [5.41, 5.74) is 0.520. The van der Waals surface area contributed by atoms with Crippen molar-refractivity contribution in [2.45, 2.75) is 32.2 Å². The maximum atomic E-state index is 10.8. The first kappa shape index (κ1) is 10.9. The van der Waals surface area contributed by atoms with Gasteiger partial charge >= 0.3 is 5.82 Å². The number of rotatable bonds is 4. The van der Waals surface area contributed by atoms with E-state index >= 15 is 0 Å². The molecule has 1 N–H and O–H groups in total. The van der Waals surface area contributed by atoms with Gasteiger partial charge in [0, 0.05) is 6.04 Å². The highest BCUT2D eigenvalue weighted by atomic mass is 16.6. The number of nitrogens with zero attached hydrogens (tertiary/aromatic N) is 2. The molecule has 1 fully saturated rings. The Kier molecular flexibility index (Phi) is 3.03. The Morgan fingerprint density at radius 2 is 2.38 bits per heavy atom. The van der Waals surface area contributed by atoms with Crippen molar-refractivity contribution in [3.63, 3.8) is 0 Å². The molecule has 5 heteroatoms. The van der Waals surface area contributed by atoms with Gasteiger partial charge in [0.2, 0.25) is 0 Å². The fourth-order valence-electron chi connectivity index (χ4n) is 1.96. The van der Waals surface area contributed by atoms with Crippen LogP contribution in [0.15, 0.2) is 18.3 Å². The number of aromatic nitrogens is 1. The monoisotopic (exact) mass is 221 g/mol. The molecule has 1 aromatic heterocycles. The molecule has 0 aliphatic heterocycles. The Morgan fingerprint density at radius 3 is 2.94 bits per heavy atom. The molecule has 0 amide bonds. The van der Waals surface area contributed by atoms with E-state index in [9.17, 15) is 10.1 Å². The van der Waals surface area contributed by atoms with Gasteiger partial charge in [-0.05, 0) is 47.7 Å². The Balaban J connectivity index is 2.10. The van der Waals surface area contributed by atoms with Gasteiger partial charge < -0.3 is 15.4 Å². The Bertz CT molecular complexity index is 391. The molecule has 0 spiro atoms. The molecule has 0 radical (unpaired) electrons. The van der Waals surface area contributed by atoms with Gasteiger partial charge in [0.15, 0.2) is 0 Å². The minimum atomic E-state index is -0.449. The van der Waals surface area contributed by atoms with Crippen molar-refractivity contribution in [2.75, 3.05) is 5.32 Å². The van der Waals surface area contributed by atoms with Crippen LogP contribution in [0, 0.1) is 16.0 Å². The van der Waals surface area contributed by atoms with Gasteiger partial charge in [0.05, 0.1) is 0 Å². The van der Waals surface area contributed by atoms with Crippen LogP contribution in [0.4, 0.5) is 11.5 Å². The average Bonchev–Trinajstić information content (AvgIpc) is 2.15. The number of nitrogens with one attached hydrogen (secondary N) is 1. The molecule has 5 nitrogen and oxygen atoms in total. The van der Waals surface area contributed by atoms with E-state index in [1.54, 1.807) is 12.1 Å². The average molecular weight is 221 g/mol. The molecule has 1 atom stereocenters. The van der Waals surface area contributed by atoms with Crippen molar-refractivity contribution in [3.8, 4) is 0 Å². The molecule has 1 unspecified atom stereocenters. The maximum absolute atomic E-state index is 10.8. The summed E-state index contributed by atoms with van der Waals surface area (Å²) in [5.74, 6) is 0.550. The molecule has 16 heavy (non-hydrogen) atoms. The lowest BCUT2D eigenvalue weighted by atomic mass is 9.80. The van der Waals surface area contributed by atoms with Crippen LogP contribution in [-0.4, -0.2) is 15.9 Å². The van der Waals surface area contributed by atoms with Crippen LogP contribution in [0.3, 0.4) is 0 Å². The molecule has 1 heterocycles. The van der Waals surface area contributed by atoms with E-state index in [2.05, 4.69) is 17.2 Å². The molecule has 0 saturated heterocycles. The topological polar surface area (TPSA) is 68.1 Å². The minimum Gasteiger partial charge on any atom is -0.375 e. The minimum absolute atomic E-state index is 0.0892. The van der Waals surface area contributed by atoms with Crippen LogP contribution in [-0.2, 0) is 0 Å². The van der Waals surface area contributed by atoms with Gasteiger partial charge in [-0.3, -0.25) is 0 Å². The van der Waals surface area contributed by atoms with E-state index in [-0.39, 0.29) is 11.9 Å². The van der Waals surface area contributed by atoms with Crippen molar-refractivity contribution in [1.29, 1.82) is 0 Å². The third-order valence-electron chi connectivity index (χ3n) is 3.20. The summed E-state index contributed by atoms with van der Waals surface area (Å²) in [6, 6.07) is 3.69. The molecule has 86 valence electrons. The van der Waals surface area contributed by atoms with E-state index in [1.807, 2.05) is 0 Å². The maximum Gasteiger partial charge on any atom is 0.386 e. The normalized spacial score (nSPS) is 17.6. The lowest BCUT2D eigenvalue weighted by Gasteiger charge is -2.32. The Morgan fingerprint density at radius 1 is 1.62 bits per heavy atom.